The summed E-state index contributed by atoms with van der Waals surface area (Å²) >= 11 is 0. The molecule has 2 rings (SSSR count). The molecule has 0 aliphatic rings. The van der Waals surface area contributed by atoms with Gasteiger partial charge in [0.2, 0.25) is 0 Å². The number of benzene rings is 2. The van der Waals surface area contributed by atoms with Crippen LogP contribution in [0, 0.1) is 19.0 Å². The number of amides is 1. The molecule has 0 bridgehead atoms. The summed E-state index contributed by atoms with van der Waals surface area (Å²) < 4.78 is 58.8. The second kappa shape index (κ2) is 13.3. The van der Waals surface area contributed by atoms with E-state index in [1.165, 1.54) is 24.3 Å². The van der Waals surface area contributed by atoms with Crippen LogP contribution in [0.5, 0.6) is 11.5 Å². The molecule has 0 heterocycles. The van der Waals surface area contributed by atoms with E-state index in [0.29, 0.717) is 40.0 Å². The fourth-order valence-corrected chi connectivity index (χ4v) is 3.77. The summed E-state index contributed by atoms with van der Waals surface area (Å²) in [4.78, 5) is 24.7. The van der Waals surface area contributed by atoms with E-state index in [9.17, 15) is 22.8 Å². The number of rotatable bonds is 9. The Bertz CT molecular complexity index is 1220. The third kappa shape index (κ3) is 9.43. The Morgan fingerprint density at radius 2 is 1.72 bits per heavy atom. The molecule has 1 amide bonds. The molecule has 0 radical (unpaired) electrons. The van der Waals surface area contributed by atoms with E-state index in [0.717, 1.165) is 0 Å². The zero-order chi connectivity index (χ0) is 29.4. The van der Waals surface area contributed by atoms with Crippen molar-refractivity contribution >= 4 is 12.1 Å². The normalized spacial score (nSPS) is 12.1. The lowest BCUT2D eigenvalue weighted by Crippen LogP contribution is -2.32. The lowest BCUT2D eigenvalue weighted by molar-refractivity contribution is -0.274. The average Bonchev–Trinajstić information content (AvgIpc) is 2.84. The Balaban J connectivity index is 2.70. The molecule has 212 valence electrons. The van der Waals surface area contributed by atoms with Crippen molar-refractivity contribution in [2.75, 3.05) is 0 Å². The molecular formula is C29H34F3NO6. The Morgan fingerprint density at radius 3 is 2.23 bits per heavy atom. The molecule has 0 aromatic heterocycles. The highest BCUT2D eigenvalue weighted by molar-refractivity contribution is 5.75. The second-order valence-corrected chi connectivity index (χ2v) is 9.57. The van der Waals surface area contributed by atoms with Crippen LogP contribution in [-0.4, -0.2) is 24.0 Å². The first-order valence-corrected chi connectivity index (χ1v) is 12.5. The number of nitrogens with one attached hydrogen (secondary N) is 1. The van der Waals surface area contributed by atoms with E-state index in [4.69, 9.17) is 14.2 Å². The maximum Gasteiger partial charge on any atom is 0.573 e. The molecule has 10 heteroatoms. The molecule has 39 heavy (non-hydrogen) atoms. The van der Waals surface area contributed by atoms with Gasteiger partial charge in [0, 0.05) is 31.0 Å². The molecule has 0 aliphatic heterocycles. The highest BCUT2D eigenvalue weighted by atomic mass is 19.4. The van der Waals surface area contributed by atoms with Gasteiger partial charge in [-0.3, -0.25) is 4.79 Å². The molecule has 2 aromatic carbocycles. The van der Waals surface area contributed by atoms with Crippen LogP contribution in [0.1, 0.15) is 77.2 Å². The lowest BCUT2D eigenvalue weighted by Gasteiger charge is -2.25. The van der Waals surface area contributed by atoms with E-state index >= 15 is 0 Å². The van der Waals surface area contributed by atoms with Gasteiger partial charge in [-0.1, -0.05) is 31.9 Å². The van der Waals surface area contributed by atoms with Gasteiger partial charge in [0.15, 0.2) is 5.75 Å². The van der Waals surface area contributed by atoms with E-state index < -0.39 is 30.1 Å². The van der Waals surface area contributed by atoms with Crippen LogP contribution in [0.4, 0.5) is 18.0 Å². The van der Waals surface area contributed by atoms with Crippen molar-refractivity contribution in [1.29, 1.82) is 0 Å². The Labute approximate surface area is 227 Å². The predicted molar refractivity (Wildman–Crippen MR) is 140 cm³/mol. The minimum atomic E-state index is -4.81. The lowest BCUT2D eigenvalue weighted by atomic mass is 9.90. The van der Waals surface area contributed by atoms with Crippen molar-refractivity contribution in [1.82, 2.24) is 5.32 Å². The minimum absolute atomic E-state index is 0.0110. The van der Waals surface area contributed by atoms with Gasteiger partial charge in [0.05, 0.1) is 0 Å². The number of carbonyl (C=O) groups excluding carboxylic acids is 2. The monoisotopic (exact) mass is 549 g/mol. The largest absolute Gasteiger partial charge is 0.573 e. The summed E-state index contributed by atoms with van der Waals surface area (Å²) in [6, 6.07) is 7.16. The first kappa shape index (κ1) is 31.3. The first-order valence-electron chi connectivity index (χ1n) is 12.5. The average molecular weight is 550 g/mol. The summed E-state index contributed by atoms with van der Waals surface area (Å²) in [5.41, 5.74) is 2.16. The summed E-state index contributed by atoms with van der Waals surface area (Å²) in [7, 11) is 0. The number of carbonyl (C=O) groups is 2. The molecule has 7 nitrogen and oxygen atoms in total. The number of alkyl carbamates (subject to hydrolysis) is 1. The molecule has 1 atom stereocenters. The summed E-state index contributed by atoms with van der Waals surface area (Å²) in [6.07, 6.45) is -3.03. The summed E-state index contributed by atoms with van der Waals surface area (Å²) in [5.74, 6) is 2.22. The minimum Gasteiger partial charge on any atom is -0.457 e. The standard InChI is InChI=1S/C29H34F3NO6/c1-8-15-36-26-18(4)22(19-11-13-21(14-12-19)38-29(30,31)32)16-20(17-33-27(35)39-28(5,6)7)25(26)23(9-2)37-24(34)10-3/h11-14,16,23H,9-10,17H2,1-7H3,(H,33,35). The zero-order valence-corrected chi connectivity index (χ0v) is 23.2. The van der Waals surface area contributed by atoms with E-state index in [2.05, 4.69) is 22.1 Å². The number of hydrogen-bond acceptors (Lipinski definition) is 6. The molecule has 0 aliphatic carbocycles. The Hall–Kier alpha value is -3.87. The number of halogens is 3. The number of ether oxygens (including phenoxy) is 4. The molecule has 1 unspecified atom stereocenters. The highest BCUT2D eigenvalue weighted by Gasteiger charge is 2.31. The van der Waals surface area contributed by atoms with Gasteiger partial charge < -0.3 is 24.3 Å². The molecule has 1 N–H and O–H groups in total. The molecular weight excluding hydrogens is 515 g/mol. The summed E-state index contributed by atoms with van der Waals surface area (Å²) in [6.45, 7) is 12.1. The first-order chi connectivity index (χ1) is 18.2. The van der Waals surface area contributed by atoms with Crippen LogP contribution in [-0.2, 0) is 20.8 Å². The van der Waals surface area contributed by atoms with Crippen molar-refractivity contribution in [3.05, 3.63) is 47.0 Å². The van der Waals surface area contributed by atoms with Crippen molar-refractivity contribution in [3.8, 4) is 34.7 Å². The van der Waals surface area contributed by atoms with E-state index in [1.807, 2.05) is 6.92 Å². The summed E-state index contributed by atoms with van der Waals surface area (Å²) in [5, 5.41) is 2.72. The smallest absolute Gasteiger partial charge is 0.457 e. The van der Waals surface area contributed by atoms with Crippen molar-refractivity contribution in [2.45, 2.75) is 85.9 Å². The van der Waals surface area contributed by atoms with Gasteiger partial charge in [-0.2, -0.15) is 0 Å². The molecule has 0 saturated heterocycles. The zero-order valence-electron chi connectivity index (χ0n) is 23.2. The SMILES string of the molecule is CC#COc1c(C)c(-c2ccc(OC(F)(F)F)cc2)cc(CNC(=O)OC(C)(C)C)c1C(CC)OC(=O)CC. The topological polar surface area (TPSA) is 83.1 Å². The Kier molecular flexibility index (Phi) is 10.7. The fourth-order valence-electron chi connectivity index (χ4n) is 3.77. The van der Waals surface area contributed by atoms with Gasteiger partial charge in [-0.05, 0) is 69.0 Å². The third-order valence-corrected chi connectivity index (χ3v) is 5.39. The van der Waals surface area contributed by atoms with E-state index in [1.54, 1.807) is 47.6 Å². The number of esters is 1. The molecule has 0 saturated carbocycles. The molecule has 0 fully saturated rings. The van der Waals surface area contributed by atoms with Gasteiger partial charge in [-0.15, -0.1) is 13.2 Å². The third-order valence-electron chi connectivity index (χ3n) is 5.39. The highest BCUT2D eigenvalue weighted by Crippen LogP contribution is 2.42. The van der Waals surface area contributed by atoms with Crippen molar-refractivity contribution < 1.29 is 41.7 Å². The molecule has 2 aromatic rings. The van der Waals surface area contributed by atoms with Crippen LogP contribution in [0.15, 0.2) is 30.3 Å². The van der Waals surface area contributed by atoms with Crippen molar-refractivity contribution in [2.24, 2.45) is 0 Å². The number of alkyl halides is 3. The van der Waals surface area contributed by atoms with Crippen LogP contribution in [0.25, 0.3) is 11.1 Å². The van der Waals surface area contributed by atoms with Crippen LogP contribution in [0.2, 0.25) is 0 Å². The number of hydrogen-bond donors (Lipinski definition) is 1. The van der Waals surface area contributed by atoms with Crippen LogP contribution in [0.3, 0.4) is 0 Å². The predicted octanol–water partition coefficient (Wildman–Crippen LogP) is 7.35. The van der Waals surface area contributed by atoms with Crippen molar-refractivity contribution in [3.63, 3.8) is 0 Å². The van der Waals surface area contributed by atoms with E-state index in [-0.39, 0.29) is 18.7 Å². The fraction of sp³-hybridized carbons (Fsp3) is 0.448. The van der Waals surface area contributed by atoms with Gasteiger partial charge in [0.25, 0.3) is 0 Å². The maximum absolute atomic E-state index is 12.6. The van der Waals surface area contributed by atoms with Gasteiger partial charge in [-0.25, -0.2) is 4.79 Å². The van der Waals surface area contributed by atoms with Crippen LogP contribution < -0.4 is 14.8 Å². The maximum atomic E-state index is 12.6. The van der Waals surface area contributed by atoms with Crippen LogP contribution >= 0.6 is 0 Å². The van der Waals surface area contributed by atoms with Gasteiger partial charge in [0.1, 0.15) is 23.6 Å². The van der Waals surface area contributed by atoms with Gasteiger partial charge >= 0.3 is 18.4 Å². The quantitative estimate of drug-likeness (QED) is 0.260. The molecule has 0 spiro atoms. The Morgan fingerprint density at radius 1 is 1.08 bits per heavy atom. The second-order valence-electron chi connectivity index (χ2n) is 9.57.